The van der Waals surface area contributed by atoms with Crippen molar-refractivity contribution in [1.82, 2.24) is 24.8 Å². The zero-order valence-electron chi connectivity index (χ0n) is 11.1. The van der Waals surface area contributed by atoms with Gasteiger partial charge in [-0.15, -0.1) is 0 Å². The lowest BCUT2D eigenvalue weighted by molar-refractivity contribution is 0.0725. The van der Waals surface area contributed by atoms with E-state index in [1.165, 1.54) is 6.20 Å². The first-order valence-electron chi connectivity index (χ1n) is 6.31. The standard InChI is InChI=1S/C13H14N6O/c1-8-4-16-10(6-15-8)12(20)19-3-2-9-5-17-13(14)18-11(9)7-19/h4-6H,2-3,7H2,1H3,(H2,14,17,18). The first-order chi connectivity index (χ1) is 9.63. The van der Waals surface area contributed by atoms with E-state index >= 15 is 0 Å². The lowest BCUT2D eigenvalue weighted by atomic mass is 10.1. The van der Waals surface area contributed by atoms with Gasteiger partial charge in [-0.1, -0.05) is 0 Å². The number of fused-ring (bicyclic) bond motifs is 1. The molecule has 20 heavy (non-hydrogen) atoms. The molecule has 0 saturated carbocycles. The van der Waals surface area contributed by atoms with Crippen molar-refractivity contribution in [2.24, 2.45) is 0 Å². The number of anilines is 1. The molecule has 7 nitrogen and oxygen atoms in total. The maximum absolute atomic E-state index is 12.4. The number of carbonyl (C=O) groups excluding carboxylic acids is 1. The van der Waals surface area contributed by atoms with E-state index in [0.717, 1.165) is 23.4 Å². The predicted molar refractivity (Wildman–Crippen MR) is 71.7 cm³/mol. The van der Waals surface area contributed by atoms with Crippen LogP contribution < -0.4 is 5.73 Å². The highest BCUT2D eigenvalue weighted by molar-refractivity contribution is 5.92. The third kappa shape index (κ3) is 2.29. The highest BCUT2D eigenvalue weighted by Gasteiger charge is 2.24. The molecule has 3 rings (SSSR count). The van der Waals surface area contributed by atoms with Crippen LogP contribution in [0.5, 0.6) is 0 Å². The first kappa shape index (κ1) is 12.5. The fourth-order valence-electron chi connectivity index (χ4n) is 2.16. The molecule has 1 aliphatic rings. The number of aryl methyl sites for hydroxylation is 1. The predicted octanol–water partition coefficient (Wildman–Crippen LogP) is 0.356. The third-order valence-corrected chi connectivity index (χ3v) is 3.25. The summed E-state index contributed by atoms with van der Waals surface area (Å²) in [6, 6.07) is 0. The van der Waals surface area contributed by atoms with Crippen molar-refractivity contribution < 1.29 is 4.79 Å². The van der Waals surface area contributed by atoms with Gasteiger partial charge in [0.15, 0.2) is 0 Å². The van der Waals surface area contributed by atoms with Crippen LogP contribution in [-0.2, 0) is 13.0 Å². The molecule has 0 spiro atoms. The largest absolute Gasteiger partial charge is 0.368 e. The molecule has 0 radical (unpaired) electrons. The van der Waals surface area contributed by atoms with E-state index in [1.54, 1.807) is 17.3 Å². The Hall–Kier alpha value is -2.57. The minimum Gasteiger partial charge on any atom is -0.368 e. The minimum atomic E-state index is -0.139. The Morgan fingerprint density at radius 3 is 2.85 bits per heavy atom. The molecule has 2 aromatic rings. The van der Waals surface area contributed by atoms with E-state index in [1.807, 2.05) is 6.92 Å². The number of rotatable bonds is 1. The molecule has 1 amide bonds. The summed E-state index contributed by atoms with van der Waals surface area (Å²) in [5, 5.41) is 0. The monoisotopic (exact) mass is 270 g/mol. The molecule has 7 heteroatoms. The van der Waals surface area contributed by atoms with Crippen molar-refractivity contribution in [3.05, 3.63) is 41.2 Å². The second-order valence-corrected chi connectivity index (χ2v) is 4.72. The van der Waals surface area contributed by atoms with Crippen molar-refractivity contribution in [3.8, 4) is 0 Å². The van der Waals surface area contributed by atoms with Gasteiger partial charge in [0.25, 0.3) is 5.91 Å². The average Bonchev–Trinajstić information content (AvgIpc) is 2.46. The summed E-state index contributed by atoms with van der Waals surface area (Å²) in [6.07, 6.45) is 5.54. The van der Waals surface area contributed by atoms with Crippen LogP contribution in [0, 0.1) is 6.92 Å². The smallest absolute Gasteiger partial charge is 0.274 e. The summed E-state index contributed by atoms with van der Waals surface area (Å²) in [6.45, 7) is 2.88. The van der Waals surface area contributed by atoms with E-state index in [-0.39, 0.29) is 11.9 Å². The number of amides is 1. The fourth-order valence-corrected chi connectivity index (χ4v) is 2.16. The van der Waals surface area contributed by atoms with Crippen LogP contribution in [0.4, 0.5) is 5.95 Å². The zero-order valence-corrected chi connectivity index (χ0v) is 11.1. The Bertz CT molecular complexity index is 654. The quantitative estimate of drug-likeness (QED) is 0.803. The zero-order chi connectivity index (χ0) is 14.1. The number of carbonyl (C=O) groups is 1. The summed E-state index contributed by atoms with van der Waals surface area (Å²) >= 11 is 0. The van der Waals surface area contributed by atoms with Gasteiger partial charge in [-0.3, -0.25) is 9.78 Å². The van der Waals surface area contributed by atoms with Crippen LogP contribution in [0.15, 0.2) is 18.6 Å². The van der Waals surface area contributed by atoms with Crippen molar-refractivity contribution in [2.45, 2.75) is 19.9 Å². The summed E-state index contributed by atoms with van der Waals surface area (Å²) in [4.78, 5) is 30.4. The van der Waals surface area contributed by atoms with E-state index in [9.17, 15) is 4.79 Å². The lowest BCUT2D eigenvalue weighted by Crippen LogP contribution is -2.37. The van der Waals surface area contributed by atoms with E-state index in [2.05, 4.69) is 19.9 Å². The van der Waals surface area contributed by atoms with Crippen LogP contribution in [0.2, 0.25) is 0 Å². The van der Waals surface area contributed by atoms with Gasteiger partial charge in [-0.2, -0.15) is 0 Å². The normalized spacial score (nSPS) is 13.9. The lowest BCUT2D eigenvalue weighted by Gasteiger charge is -2.27. The first-order valence-corrected chi connectivity index (χ1v) is 6.31. The second-order valence-electron chi connectivity index (χ2n) is 4.72. The molecule has 2 N–H and O–H groups in total. The molecule has 1 aliphatic heterocycles. The van der Waals surface area contributed by atoms with Gasteiger partial charge in [0.1, 0.15) is 5.69 Å². The van der Waals surface area contributed by atoms with Crippen molar-refractivity contribution in [2.75, 3.05) is 12.3 Å². The van der Waals surface area contributed by atoms with Crippen LogP contribution >= 0.6 is 0 Å². The number of nitrogens with two attached hydrogens (primary N) is 1. The van der Waals surface area contributed by atoms with Crippen LogP contribution in [0.25, 0.3) is 0 Å². The molecule has 3 heterocycles. The Kier molecular flexibility index (Phi) is 3.02. The molecule has 0 aromatic carbocycles. The molecule has 0 aliphatic carbocycles. The molecule has 0 bridgehead atoms. The molecular weight excluding hydrogens is 256 g/mol. The molecule has 0 saturated heterocycles. The van der Waals surface area contributed by atoms with Gasteiger partial charge in [0, 0.05) is 18.9 Å². The molecule has 102 valence electrons. The van der Waals surface area contributed by atoms with Crippen LogP contribution in [0.1, 0.15) is 27.4 Å². The van der Waals surface area contributed by atoms with E-state index in [4.69, 9.17) is 5.73 Å². The molecule has 0 unspecified atom stereocenters. The third-order valence-electron chi connectivity index (χ3n) is 3.25. The van der Waals surface area contributed by atoms with Gasteiger partial charge >= 0.3 is 0 Å². The van der Waals surface area contributed by atoms with Crippen LogP contribution in [-0.4, -0.2) is 37.3 Å². The highest BCUT2D eigenvalue weighted by atomic mass is 16.2. The minimum absolute atomic E-state index is 0.139. The van der Waals surface area contributed by atoms with E-state index in [0.29, 0.717) is 18.8 Å². The van der Waals surface area contributed by atoms with Crippen LogP contribution in [0.3, 0.4) is 0 Å². The topological polar surface area (TPSA) is 97.9 Å². The number of nitrogen functional groups attached to an aromatic ring is 1. The van der Waals surface area contributed by atoms with Gasteiger partial charge in [0.05, 0.1) is 24.1 Å². The summed E-state index contributed by atoms with van der Waals surface area (Å²) in [5.74, 6) is 0.0912. The second kappa shape index (κ2) is 4.84. The molecule has 0 atom stereocenters. The van der Waals surface area contributed by atoms with Gasteiger partial charge in [0.2, 0.25) is 5.95 Å². The van der Waals surface area contributed by atoms with Crippen molar-refractivity contribution in [3.63, 3.8) is 0 Å². The number of hydrogen-bond acceptors (Lipinski definition) is 6. The van der Waals surface area contributed by atoms with Crippen molar-refractivity contribution >= 4 is 11.9 Å². The van der Waals surface area contributed by atoms with E-state index < -0.39 is 0 Å². The molecular formula is C13H14N6O. The number of hydrogen-bond donors (Lipinski definition) is 1. The number of aromatic nitrogens is 4. The Morgan fingerprint density at radius 1 is 1.25 bits per heavy atom. The number of nitrogens with zero attached hydrogens (tertiary/aromatic N) is 5. The SMILES string of the molecule is Cc1cnc(C(=O)N2CCc3cnc(N)nc3C2)cn1. The highest BCUT2D eigenvalue weighted by Crippen LogP contribution is 2.18. The molecule has 2 aromatic heterocycles. The average molecular weight is 270 g/mol. The molecule has 0 fully saturated rings. The summed E-state index contributed by atoms with van der Waals surface area (Å²) < 4.78 is 0. The summed E-state index contributed by atoms with van der Waals surface area (Å²) in [5.41, 5.74) is 8.56. The Balaban J connectivity index is 1.82. The maximum atomic E-state index is 12.4. The fraction of sp³-hybridized carbons (Fsp3) is 0.308. The Morgan fingerprint density at radius 2 is 2.10 bits per heavy atom. The summed E-state index contributed by atoms with van der Waals surface area (Å²) in [7, 11) is 0. The Labute approximate surface area is 115 Å². The maximum Gasteiger partial charge on any atom is 0.274 e. The van der Waals surface area contributed by atoms with Crippen molar-refractivity contribution in [1.29, 1.82) is 0 Å². The van der Waals surface area contributed by atoms with Gasteiger partial charge in [-0.05, 0) is 18.9 Å². The van der Waals surface area contributed by atoms with Gasteiger partial charge < -0.3 is 10.6 Å². The van der Waals surface area contributed by atoms with Gasteiger partial charge in [-0.25, -0.2) is 15.0 Å².